The molecule has 1 aliphatic heterocycles. The van der Waals surface area contributed by atoms with E-state index < -0.39 is 0 Å². The Morgan fingerprint density at radius 2 is 2.18 bits per heavy atom. The van der Waals surface area contributed by atoms with Crippen molar-refractivity contribution in [1.82, 2.24) is 5.01 Å². The third kappa shape index (κ3) is 1.41. The Labute approximate surface area is 67.5 Å². The standard InChI is InChI=1S/C8H16N2O/c1-11-7-4-8(6-2-3-6)10(9)5-7/h6-8H,2-5,9H2,1H3. The molecule has 11 heavy (non-hydrogen) atoms. The maximum Gasteiger partial charge on any atom is 0.0727 e. The molecule has 2 N–H and O–H groups in total. The van der Waals surface area contributed by atoms with Crippen molar-refractivity contribution in [1.29, 1.82) is 0 Å². The van der Waals surface area contributed by atoms with Crippen molar-refractivity contribution in [3.63, 3.8) is 0 Å². The molecule has 2 aliphatic rings. The van der Waals surface area contributed by atoms with Gasteiger partial charge in [0.25, 0.3) is 0 Å². The smallest absolute Gasteiger partial charge is 0.0727 e. The van der Waals surface area contributed by atoms with Crippen LogP contribution in [0.25, 0.3) is 0 Å². The zero-order chi connectivity index (χ0) is 7.84. The molecule has 0 spiro atoms. The Bertz CT molecular complexity index is 147. The lowest BCUT2D eigenvalue weighted by Crippen LogP contribution is -2.37. The van der Waals surface area contributed by atoms with Crippen molar-refractivity contribution >= 4 is 0 Å². The summed E-state index contributed by atoms with van der Waals surface area (Å²) >= 11 is 0. The fourth-order valence-corrected chi connectivity index (χ4v) is 1.96. The van der Waals surface area contributed by atoms with Gasteiger partial charge in [-0.1, -0.05) is 0 Å². The number of hydrogen-bond acceptors (Lipinski definition) is 3. The molecule has 3 heteroatoms. The Morgan fingerprint density at radius 3 is 2.64 bits per heavy atom. The molecule has 1 aliphatic carbocycles. The molecule has 0 aromatic heterocycles. The van der Waals surface area contributed by atoms with Gasteiger partial charge in [0.1, 0.15) is 0 Å². The molecule has 2 fully saturated rings. The molecule has 0 radical (unpaired) electrons. The number of rotatable bonds is 2. The highest BCUT2D eigenvalue weighted by Gasteiger charge is 2.40. The zero-order valence-electron chi connectivity index (χ0n) is 6.99. The summed E-state index contributed by atoms with van der Waals surface area (Å²) in [6.07, 6.45) is 4.26. The molecule has 0 aromatic carbocycles. The molecule has 0 amide bonds. The number of hydrazine groups is 1. The van der Waals surface area contributed by atoms with Crippen LogP contribution in [0.2, 0.25) is 0 Å². The van der Waals surface area contributed by atoms with Crippen LogP contribution in [0.1, 0.15) is 19.3 Å². The topological polar surface area (TPSA) is 38.5 Å². The normalized spacial score (nSPS) is 39.8. The Hall–Kier alpha value is -0.120. The lowest BCUT2D eigenvalue weighted by molar-refractivity contribution is 0.108. The Morgan fingerprint density at radius 1 is 1.45 bits per heavy atom. The molecule has 64 valence electrons. The fourth-order valence-electron chi connectivity index (χ4n) is 1.96. The predicted molar refractivity (Wildman–Crippen MR) is 42.8 cm³/mol. The van der Waals surface area contributed by atoms with Gasteiger partial charge in [-0.25, -0.2) is 5.01 Å². The SMILES string of the molecule is COC1CC(C2CC2)N(N)C1. The van der Waals surface area contributed by atoms with E-state index in [1.165, 1.54) is 12.8 Å². The lowest BCUT2D eigenvalue weighted by Gasteiger charge is -2.16. The largest absolute Gasteiger partial charge is 0.380 e. The molecule has 2 atom stereocenters. The average molecular weight is 156 g/mol. The molecule has 0 bridgehead atoms. The molecular formula is C8H16N2O. The van der Waals surface area contributed by atoms with E-state index in [0.29, 0.717) is 12.1 Å². The van der Waals surface area contributed by atoms with Crippen molar-refractivity contribution < 1.29 is 4.74 Å². The molecule has 2 unspecified atom stereocenters. The van der Waals surface area contributed by atoms with E-state index in [1.807, 2.05) is 5.01 Å². The average Bonchev–Trinajstić information content (AvgIpc) is 2.76. The van der Waals surface area contributed by atoms with Crippen molar-refractivity contribution in [3.05, 3.63) is 0 Å². The third-order valence-corrected chi connectivity index (χ3v) is 2.84. The molecule has 1 saturated heterocycles. The monoisotopic (exact) mass is 156 g/mol. The summed E-state index contributed by atoms with van der Waals surface area (Å²) in [5, 5.41) is 1.96. The summed E-state index contributed by atoms with van der Waals surface area (Å²) in [5.41, 5.74) is 0. The van der Waals surface area contributed by atoms with Gasteiger partial charge in [0.2, 0.25) is 0 Å². The summed E-state index contributed by atoms with van der Waals surface area (Å²) in [6.45, 7) is 0.914. The van der Waals surface area contributed by atoms with Gasteiger partial charge in [-0.2, -0.15) is 0 Å². The maximum atomic E-state index is 5.84. The van der Waals surface area contributed by atoms with Gasteiger partial charge in [-0.05, 0) is 25.2 Å². The minimum atomic E-state index is 0.380. The molecule has 0 aromatic rings. The van der Waals surface area contributed by atoms with E-state index in [-0.39, 0.29) is 0 Å². The van der Waals surface area contributed by atoms with Gasteiger partial charge in [0, 0.05) is 19.7 Å². The van der Waals surface area contributed by atoms with Gasteiger partial charge in [0.05, 0.1) is 6.10 Å². The van der Waals surface area contributed by atoms with E-state index in [0.717, 1.165) is 18.9 Å². The highest BCUT2D eigenvalue weighted by Crippen LogP contribution is 2.39. The van der Waals surface area contributed by atoms with Gasteiger partial charge in [-0.15, -0.1) is 0 Å². The van der Waals surface area contributed by atoms with Crippen molar-refractivity contribution in [2.75, 3.05) is 13.7 Å². The van der Waals surface area contributed by atoms with E-state index in [2.05, 4.69) is 0 Å². The van der Waals surface area contributed by atoms with Crippen LogP contribution in [-0.4, -0.2) is 30.8 Å². The lowest BCUT2D eigenvalue weighted by atomic mass is 10.1. The van der Waals surface area contributed by atoms with Crippen LogP contribution < -0.4 is 5.84 Å². The van der Waals surface area contributed by atoms with E-state index in [1.54, 1.807) is 7.11 Å². The van der Waals surface area contributed by atoms with E-state index in [9.17, 15) is 0 Å². The maximum absolute atomic E-state index is 5.84. The van der Waals surface area contributed by atoms with Crippen molar-refractivity contribution in [3.8, 4) is 0 Å². The van der Waals surface area contributed by atoms with Crippen LogP contribution in [0.4, 0.5) is 0 Å². The van der Waals surface area contributed by atoms with Crippen LogP contribution >= 0.6 is 0 Å². The molecule has 1 heterocycles. The number of hydrogen-bond donors (Lipinski definition) is 1. The first kappa shape index (κ1) is 7.53. The second-order valence-electron chi connectivity index (χ2n) is 3.69. The summed E-state index contributed by atoms with van der Waals surface area (Å²) in [5.74, 6) is 6.71. The molecular weight excluding hydrogens is 140 g/mol. The van der Waals surface area contributed by atoms with Crippen LogP contribution in [0.3, 0.4) is 0 Å². The highest BCUT2D eigenvalue weighted by atomic mass is 16.5. The van der Waals surface area contributed by atoms with Crippen molar-refractivity contribution in [2.45, 2.75) is 31.4 Å². The number of ether oxygens (including phenoxy) is 1. The Kier molecular flexibility index (Phi) is 1.87. The fraction of sp³-hybridized carbons (Fsp3) is 1.00. The number of nitrogens with two attached hydrogens (primary N) is 1. The van der Waals surface area contributed by atoms with Crippen LogP contribution in [-0.2, 0) is 4.74 Å². The summed E-state index contributed by atoms with van der Waals surface area (Å²) in [6, 6.07) is 0.611. The van der Waals surface area contributed by atoms with Crippen molar-refractivity contribution in [2.24, 2.45) is 11.8 Å². The van der Waals surface area contributed by atoms with E-state index >= 15 is 0 Å². The first-order valence-electron chi connectivity index (χ1n) is 4.35. The van der Waals surface area contributed by atoms with Crippen LogP contribution in [0.5, 0.6) is 0 Å². The van der Waals surface area contributed by atoms with Gasteiger partial charge in [-0.3, -0.25) is 5.84 Å². The summed E-state index contributed by atoms with van der Waals surface area (Å²) in [7, 11) is 1.77. The van der Waals surface area contributed by atoms with Gasteiger partial charge in [0.15, 0.2) is 0 Å². The highest BCUT2D eigenvalue weighted by molar-refractivity contribution is 4.93. The number of methoxy groups -OCH3 is 1. The van der Waals surface area contributed by atoms with Crippen LogP contribution in [0.15, 0.2) is 0 Å². The first-order chi connectivity index (χ1) is 5.31. The quantitative estimate of drug-likeness (QED) is 0.587. The third-order valence-electron chi connectivity index (χ3n) is 2.84. The van der Waals surface area contributed by atoms with Gasteiger partial charge >= 0.3 is 0 Å². The molecule has 3 nitrogen and oxygen atoms in total. The Balaban J connectivity index is 1.90. The van der Waals surface area contributed by atoms with Gasteiger partial charge < -0.3 is 4.74 Å². The predicted octanol–water partition coefficient (Wildman–Crippen LogP) is 0.359. The summed E-state index contributed by atoms with van der Waals surface area (Å²) < 4.78 is 5.27. The second-order valence-corrected chi connectivity index (χ2v) is 3.69. The van der Waals surface area contributed by atoms with Crippen LogP contribution in [0, 0.1) is 5.92 Å². The van der Waals surface area contributed by atoms with E-state index in [4.69, 9.17) is 10.6 Å². The molecule has 1 saturated carbocycles. The number of nitrogens with zero attached hydrogens (tertiary/aromatic N) is 1. The minimum absolute atomic E-state index is 0.380. The minimum Gasteiger partial charge on any atom is -0.380 e. The molecule has 2 rings (SSSR count). The second kappa shape index (κ2) is 2.73. The first-order valence-corrected chi connectivity index (χ1v) is 4.35. The summed E-state index contributed by atoms with van der Waals surface area (Å²) in [4.78, 5) is 0. The zero-order valence-corrected chi connectivity index (χ0v) is 6.99.